The lowest BCUT2D eigenvalue weighted by Gasteiger charge is -2.11. The minimum absolute atomic E-state index is 0.195. The number of hydrogen-bond donors (Lipinski definition) is 1. The molecule has 2 aromatic rings. The van der Waals surface area contributed by atoms with Crippen LogP contribution in [0.25, 0.3) is 11.1 Å². The maximum absolute atomic E-state index is 13.6. The van der Waals surface area contributed by atoms with Crippen LogP contribution in [-0.2, 0) is 0 Å². The lowest BCUT2D eigenvalue weighted by molar-refractivity contribution is -0.274. The quantitative estimate of drug-likeness (QED) is 0.882. The average molecular weight is 299 g/mol. The van der Waals surface area contributed by atoms with E-state index in [0.717, 1.165) is 18.2 Å². The van der Waals surface area contributed by atoms with Crippen molar-refractivity contribution >= 4 is 5.91 Å². The van der Waals surface area contributed by atoms with Gasteiger partial charge in [-0.25, -0.2) is 4.39 Å². The van der Waals surface area contributed by atoms with Gasteiger partial charge in [-0.05, 0) is 29.3 Å². The molecular weight excluding hydrogens is 290 g/mol. The van der Waals surface area contributed by atoms with Gasteiger partial charge in [0.1, 0.15) is 11.6 Å². The summed E-state index contributed by atoms with van der Waals surface area (Å²) in [4.78, 5) is 11.3. The summed E-state index contributed by atoms with van der Waals surface area (Å²) in [6.07, 6.45) is -4.79. The van der Waals surface area contributed by atoms with Crippen LogP contribution in [-0.4, -0.2) is 12.3 Å². The highest BCUT2D eigenvalue weighted by Crippen LogP contribution is 2.29. The number of nitrogens with two attached hydrogens (primary N) is 1. The summed E-state index contributed by atoms with van der Waals surface area (Å²) in [5.41, 5.74) is 5.34. The molecule has 110 valence electrons. The fraction of sp³-hybridized carbons (Fsp3) is 0.0714. The van der Waals surface area contributed by atoms with E-state index in [9.17, 15) is 22.4 Å². The molecule has 2 aromatic carbocycles. The third-order valence-corrected chi connectivity index (χ3v) is 2.66. The molecule has 0 aliphatic rings. The van der Waals surface area contributed by atoms with E-state index in [2.05, 4.69) is 4.74 Å². The minimum Gasteiger partial charge on any atom is -0.406 e. The van der Waals surface area contributed by atoms with Crippen LogP contribution in [0.4, 0.5) is 17.6 Å². The first kappa shape index (κ1) is 14.8. The predicted octanol–water partition coefficient (Wildman–Crippen LogP) is 3.49. The number of hydrogen-bond acceptors (Lipinski definition) is 2. The fourth-order valence-corrected chi connectivity index (χ4v) is 1.85. The van der Waals surface area contributed by atoms with Gasteiger partial charge in [-0.3, -0.25) is 4.79 Å². The molecule has 0 heterocycles. The second kappa shape index (κ2) is 5.43. The molecule has 7 heteroatoms. The molecule has 2 N–H and O–H groups in total. The SMILES string of the molecule is NC(=O)c1c(F)cccc1-c1ccc(OC(F)(F)F)cc1. The largest absolute Gasteiger partial charge is 0.573 e. The van der Waals surface area contributed by atoms with Crippen LogP contribution in [0.2, 0.25) is 0 Å². The number of ether oxygens (including phenoxy) is 1. The van der Waals surface area contributed by atoms with E-state index in [-0.39, 0.29) is 11.1 Å². The summed E-state index contributed by atoms with van der Waals surface area (Å²) >= 11 is 0. The number of benzene rings is 2. The zero-order valence-electron chi connectivity index (χ0n) is 10.4. The number of alkyl halides is 3. The highest BCUT2D eigenvalue weighted by atomic mass is 19.4. The van der Waals surface area contributed by atoms with E-state index in [1.54, 1.807) is 0 Å². The Kier molecular flexibility index (Phi) is 3.84. The number of halogens is 4. The minimum atomic E-state index is -4.79. The Morgan fingerprint density at radius 1 is 1.05 bits per heavy atom. The number of primary amides is 1. The van der Waals surface area contributed by atoms with Crippen LogP contribution in [0.15, 0.2) is 42.5 Å². The number of carbonyl (C=O) groups is 1. The molecule has 0 fully saturated rings. The molecule has 0 bridgehead atoms. The summed E-state index contributed by atoms with van der Waals surface area (Å²) in [6, 6.07) is 8.59. The monoisotopic (exact) mass is 299 g/mol. The molecule has 0 spiro atoms. The molecule has 0 saturated heterocycles. The Balaban J connectivity index is 2.40. The van der Waals surface area contributed by atoms with E-state index in [4.69, 9.17) is 5.73 Å². The lowest BCUT2D eigenvalue weighted by Crippen LogP contribution is -2.17. The zero-order valence-corrected chi connectivity index (χ0v) is 10.4. The van der Waals surface area contributed by atoms with Crippen molar-refractivity contribution in [3.8, 4) is 16.9 Å². The molecule has 0 radical (unpaired) electrons. The summed E-state index contributed by atoms with van der Waals surface area (Å²) < 4.78 is 53.5. The van der Waals surface area contributed by atoms with Gasteiger partial charge in [0.25, 0.3) is 5.91 Å². The number of rotatable bonds is 3. The van der Waals surface area contributed by atoms with Crippen molar-refractivity contribution in [2.75, 3.05) is 0 Å². The molecule has 0 aliphatic carbocycles. The van der Waals surface area contributed by atoms with Crippen LogP contribution in [0, 0.1) is 5.82 Å². The first-order valence-electron chi connectivity index (χ1n) is 5.72. The van der Waals surface area contributed by atoms with E-state index < -0.39 is 23.8 Å². The Morgan fingerprint density at radius 2 is 1.67 bits per heavy atom. The van der Waals surface area contributed by atoms with Crippen LogP contribution in [0.5, 0.6) is 5.75 Å². The van der Waals surface area contributed by atoms with Crippen molar-refractivity contribution in [1.29, 1.82) is 0 Å². The Labute approximate surface area is 116 Å². The Hall–Kier alpha value is -2.57. The second-order valence-electron chi connectivity index (χ2n) is 4.10. The van der Waals surface area contributed by atoms with Gasteiger partial charge in [0.2, 0.25) is 0 Å². The van der Waals surface area contributed by atoms with Crippen molar-refractivity contribution in [3.05, 3.63) is 53.8 Å². The Morgan fingerprint density at radius 3 is 2.19 bits per heavy atom. The van der Waals surface area contributed by atoms with E-state index in [1.807, 2.05) is 0 Å². The van der Waals surface area contributed by atoms with Gasteiger partial charge in [0.15, 0.2) is 0 Å². The average Bonchev–Trinajstić information content (AvgIpc) is 2.37. The molecule has 21 heavy (non-hydrogen) atoms. The summed E-state index contributed by atoms with van der Waals surface area (Å²) in [6.45, 7) is 0. The molecule has 0 saturated carbocycles. The molecule has 0 aromatic heterocycles. The normalized spacial score (nSPS) is 11.2. The van der Waals surface area contributed by atoms with Crippen LogP contribution >= 0.6 is 0 Å². The first-order chi connectivity index (χ1) is 9.78. The predicted molar refractivity (Wildman–Crippen MR) is 67.0 cm³/mol. The summed E-state index contributed by atoms with van der Waals surface area (Å²) in [5.74, 6) is -2.17. The third-order valence-electron chi connectivity index (χ3n) is 2.66. The van der Waals surface area contributed by atoms with E-state index >= 15 is 0 Å². The number of carbonyl (C=O) groups excluding carboxylic acids is 1. The van der Waals surface area contributed by atoms with Crippen LogP contribution < -0.4 is 10.5 Å². The van der Waals surface area contributed by atoms with Crippen molar-refractivity contribution in [2.45, 2.75) is 6.36 Å². The van der Waals surface area contributed by atoms with Gasteiger partial charge in [-0.15, -0.1) is 13.2 Å². The molecule has 3 nitrogen and oxygen atoms in total. The van der Waals surface area contributed by atoms with Crippen molar-refractivity contribution in [2.24, 2.45) is 5.73 Å². The molecule has 0 aliphatic heterocycles. The molecule has 2 rings (SSSR count). The molecule has 1 amide bonds. The van der Waals surface area contributed by atoms with Gasteiger partial charge in [-0.1, -0.05) is 24.3 Å². The smallest absolute Gasteiger partial charge is 0.406 e. The fourth-order valence-electron chi connectivity index (χ4n) is 1.85. The molecule has 0 atom stereocenters. The van der Waals surface area contributed by atoms with Gasteiger partial charge < -0.3 is 10.5 Å². The number of amides is 1. The second-order valence-corrected chi connectivity index (χ2v) is 4.10. The van der Waals surface area contributed by atoms with Crippen LogP contribution in [0.1, 0.15) is 10.4 Å². The third kappa shape index (κ3) is 3.50. The lowest BCUT2D eigenvalue weighted by atomic mass is 9.99. The van der Waals surface area contributed by atoms with Gasteiger partial charge in [0, 0.05) is 0 Å². The summed E-state index contributed by atoms with van der Waals surface area (Å²) in [5, 5.41) is 0. The molecule has 0 unspecified atom stereocenters. The zero-order chi connectivity index (χ0) is 15.6. The highest BCUT2D eigenvalue weighted by Gasteiger charge is 2.31. The van der Waals surface area contributed by atoms with Crippen LogP contribution in [0.3, 0.4) is 0 Å². The Bertz CT molecular complexity index is 666. The van der Waals surface area contributed by atoms with Gasteiger partial charge in [0.05, 0.1) is 5.56 Å². The maximum Gasteiger partial charge on any atom is 0.573 e. The van der Waals surface area contributed by atoms with E-state index in [1.165, 1.54) is 24.3 Å². The summed E-state index contributed by atoms with van der Waals surface area (Å²) in [7, 11) is 0. The van der Waals surface area contributed by atoms with Crippen molar-refractivity contribution in [1.82, 2.24) is 0 Å². The first-order valence-corrected chi connectivity index (χ1v) is 5.72. The van der Waals surface area contributed by atoms with Gasteiger partial charge >= 0.3 is 6.36 Å². The highest BCUT2D eigenvalue weighted by molar-refractivity contribution is 6.00. The maximum atomic E-state index is 13.6. The van der Waals surface area contributed by atoms with E-state index in [0.29, 0.717) is 5.56 Å². The van der Waals surface area contributed by atoms with Crippen molar-refractivity contribution in [3.63, 3.8) is 0 Å². The topological polar surface area (TPSA) is 52.3 Å². The van der Waals surface area contributed by atoms with Gasteiger partial charge in [-0.2, -0.15) is 0 Å². The standard InChI is InChI=1S/C14H9F4NO2/c15-11-3-1-2-10(12(11)13(19)20)8-4-6-9(7-5-8)21-14(16,17)18/h1-7H,(H2,19,20). The molecular formula is C14H9F4NO2. The van der Waals surface area contributed by atoms with Crippen molar-refractivity contribution < 1.29 is 27.1 Å².